The first kappa shape index (κ1) is 24.6. The minimum atomic E-state index is 0.482. The number of rotatable bonds is 7. The number of aryl methyl sites for hydroxylation is 2. The van der Waals surface area contributed by atoms with E-state index in [2.05, 4.69) is 79.9 Å². The molecule has 3 aromatic heterocycles. The number of aromatic nitrogens is 4. The molecular weight excluding hydrogens is 516 g/mol. The van der Waals surface area contributed by atoms with Crippen LogP contribution >= 0.6 is 0 Å². The number of pyridine rings is 1. The first-order chi connectivity index (χ1) is 21.0. The van der Waals surface area contributed by atoms with Crippen molar-refractivity contribution in [3.05, 3.63) is 132 Å². The summed E-state index contributed by atoms with van der Waals surface area (Å²) in [6, 6.07) is 35.0. The zero-order valence-electron chi connectivity index (χ0n) is 25.0. The van der Waals surface area contributed by atoms with Crippen LogP contribution in [0.15, 0.2) is 115 Å². The molecule has 206 valence electrons. The van der Waals surface area contributed by atoms with Gasteiger partial charge in [0.05, 0.1) is 23.8 Å². The van der Waals surface area contributed by atoms with Gasteiger partial charge in [-0.05, 0) is 73.9 Å². The summed E-state index contributed by atoms with van der Waals surface area (Å²) in [6.45, 7) is 6.34. The Hall–Kier alpha value is -5.16. The van der Waals surface area contributed by atoms with E-state index >= 15 is 0 Å². The average molecular weight is 550 g/mol. The quantitative estimate of drug-likeness (QED) is 0.199. The molecule has 7 rings (SSSR count). The summed E-state index contributed by atoms with van der Waals surface area (Å²) >= 11 is 0. The van der Waals surface area contributed by atoms with Crippen LogP contribution in [-0.4, -0.2) is 19.3 Å². The van der Waals surface area contributed by atoms with E-state index in [1.54, 1.807) is 0 Å². The SMILES string of the molecule is [2H]c1ccc2c(c1)c1ccc(Oc3cccc(-n4nc(C)c(-c5ccccc5)c4C)c3)cc1n2-c1cc(CCC)ccn1. The highest BCUT2D eigenvalue weighted by Crippen LogP contribution is 2.36. The van der Waals surface area contributed by atoms with E-state index in [9.17, 15) is 0 Å². The highest BCUT2D eigenvalue weighted by Gasteiger charge is 2.16. The molecule has 0 atom stereocenters. The molecule has 0 amide bonds. The number of hydrogen-bond acceptors (Lipinski definition) is 3. The van der Waals surface area contributed by atoms with Crippen LogP contribution in [0, 0.1) is 13.8 Å². The van der Waals surface area contributed by atoms with Crippen molar-refractivity contribution in [1.29, 1.82) is 0 Å². The predicted molar refractivity (Wildman–Crippen MR) is 171 cm³/mol. The number of fused-ring (bicyclic) bond motifs is 3. The van der Waals surface area contributed by atoms with Crippen LogP contribution in [0.4, 0.5) is 0 Å². The molecule has 0 aliphatic heterocycles. The van der Waals surface area contributed by atoms with E-state index in [1.165, 1.54) is 5.56 Å². The number of ether oxygens (including phenoxy) is 1. The minimum Gasteiger partial charge on any atom is -0.457 e. The van der Waals surface area contributed by atoms with Gasteiger partial charge < -0.3 is 4.74 Å². The van der Waals surface area contributed by atoms with E-state index in [-0.39, 0.29) is 0 Å². The van der Waals surface area contributed by atoms with E-state index in [0.717, 1.165) is 80.2 Å². The van der Waals surface area contributed by atoms with Crippen LogP contribution in [0.25, 0.3) is 44.4 Å². The second kappa shape index (κ2) is 10.7. The molecule has 4 aromatic carbocycles. The third-order valence-electron chi connectivity index (χ3n) is 7.81. The lowest BCUT2D eigenvalue weighted by Crippen LogP contribution is -2.00. The highest BCUT2D eigenvalue weighted by molar-refractivity contribution is 6.09. The smallest absolute Gasteiger partial charge is 0.137 e. The lowest BCUT2D eigenvalue weighted by molar-refractivity contribution is 0.483. The third-order valence-corrected chi connectivity index (χ3v) is 7.81. The Morgan fingerprint density at radius 2 is 1.62 bits per heavy atom. The maximum atomic E-state index is 8.26. The van der Waals surface area contributed by atoms with Crippen LogP contribution in [0.1, 0.15) is 31.7 Å². The summed E-state index contributed by atoms with van der Waals surface area (Å²) in [7, 11) is 0. The molecule has 0 aliphatic rings. The average Bonchev–Trinajstić information content (AvgIpc) is 3.50. The van der Waals surface area contributed by atoms with Crippen molar-refractivity contribution in [3.8, 4) is 34.1 Å². The van der Waals surface area contributed by atoms with Gasteiger partial charge in [-0.3, -0.25) is 4.57 Å². The molecule has 5 nitrogen and oxygen atoms in total. The molecule has 0 saturated carbocycles. The summed E-state index contributed by atoms with van der Waals surface area (Å²) in [5.41, 5.74) is 8.58. The zero-order chi connectivity index (χ0) is 29.5. The largest absolute Gasteiger partial charge is 0.457 e. The van der Waals surface area contributed by atoms with Gasteiger partial charge in [0.2, 0.25) is 0 Å². The number of nitrogens with zero attached hydrogens (tertiary/aromatic N) is 4. The van der Waals surface area contributed by atoms with Gasteiger partial charge >= 0.3 is 0 Å². The van der Waals surface area contributed by atoms with Crippen LogP contribution in [0.5, 0.6) is 11.5 Å². The molecule has 5 heteroatoms. The molecular formula is C37H32N4O. The van der Waals surface area contributed by atoms with Crippen LogP contribution in [0.3, 0.4) is 0 Å². The lowest BCUT2D eigenvalue weighted by Gasteiger charge is -2.11. The first-order valence-corrected chi connectivity index (χ1v) is 14.4. The fourth-order valence-electron chi connectivity index (χ4n) is 5.96. The Labute approximate surface area is 247 Å². The van der Waals surface area contributed by atoms with Crippen molar-refractivity contribution in [1.82, 2.24) is 19.3 Å². The van der Waals surface area contributed by atoms with Crippen LogP contribution in [-0.2, 0) is 6.42 Å². The van der Waals surface area contributed by atoms with E-state index < -0.39 is 0 Å². The van der Waals surface area contributed by atoms with Gasteiger partial charge in [0.25, 0.3) is 0 Å². The van der Waals surface area contributed by atoms with Crippen molar-refractivity contribution in [2.24, 2.45) is 0 Å². The van der Waals surface area contributed by atoms with Gasteiger partial charge in [0.15, 0.2) is 0 Å². The minimum absolute atomic E-state index is 0.482. The molecule has 7 aromatic rings. The fraction of sp³-hybridized carbons (Fsp3) is 0.135. The molecule has 0 aliphatic carbocycles. The van der Waals surface area contributed by atoms with E-state index in [1.807, 2.05) is 59.4 Å². The molecule has 0 saturated heterocycles. The monoisotopic (exact) mass is 549 g/mol. The first-order valence-electron chi connectivity index (χ1n) is 14.9. The summed E-state index contributed by atoms with van der Waals surface area (Å²) < 4.78 is 18.9. The Bertz CT molecular complexity index is 2110. The Kier molecular flexibility index (Phi) is 6.26. The molecule has 0 N–H and O–H groups in total. The molecule has 0 radical (unpaired) electrons. The molecule has 3 heterocycles. The van der Waals surface area contributed by atoms with Gasteiger partial charge in [-0.2, -0.15) is 5.10 Å². The van der Waals surface area contributed by atoms with Gasteiger partial charge in [-0.1, -0.05) is 67.9 Å². The molecule has 0 fully saturated rings. The van der Waals surface area contributed by atoms with Gasteiger partial charge in [-0.25, -0.2) is 9.67 Å². The summed E-state index contributed by atoms with van der Waals surface area (Å²) in [5, 5.41) is 6.96. The third kappa shape index (κ3) is 4.53. The second-order valence-electron chi connectivity index (χ2n) is 10.7. The fourth-order valence-corrected chi connectivity index (χ4v) is 5.96. The normalized spacial score (nSPS) is 11.7. The van der Waals surface area contributed by atoms with Crippen molar-refractivity contribution in [2.45, 2.75) is 33.6 Å². The maximum Gasteiger partial charge on any atom is 0.137 e. The van der Waals surface area contributed by atoms with Crippen LogP contribution in [0.2, 0.25) is 0 Å². The molecule has 0 spiro atoms. The van der Waals surface area contributed by atoms with Crippen LogP contribution < -0.4 is 4.74 Å². The summed E-state index contributed by atoms with van der Waals surface area (Å²) in [6.07, 6.45) is 3.95. The standard InChI is InChI=1S/C37H32N4O/c1-4-11-27-20-21-38-36(22-27)40-34-17-9-8-16-32(34)33-19-18-31(24-35(33)40)42-30-15-10-14-29(23-30)41-26(3)37(25(2)39-41)28-12-6-5-7-13-28/h5-10,12-24H,4,11H2,1-3H3/i8D. The Morgan fingerprint density at radius 1 is 0.786 bits per heavy atom. The molecule has 0 unspecified atom stereocenters. The predicted octanol–water partition coefficient (Wildman–Crippen LogP) is 9.39. The summed E-state index contributed by atoms with van der Waals surface area (Å²) in [4.78, 5) is 4.75. The van der Waals surface area contributed by atoms with Crippen molar-refractivity contribution in [2.75, 3.05) is 0 Å². The van der Waals surface area contributed by atoms with Gasteiger partial charge in [0.1, 0.15) is 17.3 Å². The lowest BCUT2D eigenvalue weighted by atomic mass is 10.0. The number of hydrogen-bond donors (Lipinski definition) is 0. The number of benzene rings is 4. The van der Waals surface area contributed by atoms with Crippen molar-refractivity contribution in [3.63, 3.8) is 0 Å². The van der Waals surface area contributed by atoms with Crippen molar-refractivity contribution >= 4 is 21.8 Å². The zero-order valence-corrected chi connectivity index (χ0v) is 24.0. The van der Waals surface area contributed by atoms with Gasteiger partial charge in [-0.15, -0.1) is 0 Å². The number of para-hydroxylation sites is 1. The second-order valence-corrected chi connectivity index (χ2v) is 10.7. The van der Waals surface area contributed by atoms with E-state index in [4.69, 9.17) is 16.2 Å². The Balaban J connectivity index is 1.29. The van der Waals surface area contributed by atoms with Gasteiger partial charge in [0, 0.05) is 40.4 Å². The molecule has 42 heavy (non-hydrogen) atoms. The van der Waals surface area contributed by atoms with E-state index in [0.29, 0.717) is 6.04 Å². The highest BCUT2D eigenvalue weighted by atomic mass is 16.5. The topological polar surface area (TPSA) is 44.9 Å². The summed E-state index contributed by atoms with van der Waals surface area (Å²) in [5.74, 6) is 2.31. The van der Waals surface area contributed by atoms with Crippen molar-refractivity contribution < 1.29 is 6.11 Å². The molecule has 0 bridgehead atoms. The Morgan fingerprint density at radius 3 is 2.48 bits per heavy atom. The maximum absolute atomic E-state index is 8.26.